The highest BCUT2D eigenvalue weighted by molar-refractivity contribution is 5.70. The Morgan fingerprint density at radius 3 is 2.61 bits per heavy atom. The summed E-state index contributed by atoms with van der Waals surface area (Å²) in [6.45, 7) is 8.41. The molecule has 28 heavy (non-hydrogen) atoms. The average Bonchev–Trinajstić information content (AvgIpc) is 2.69. The van der Waals surface area contributed by atoms with Gasteiger partial charge in [-0.2, -0.15) is 0 Å². The molecular formula is C24H32O4. The number of ether oxygens (including phenoxy) is 1. The molecule has 152 valence electrons. The zero-order valence-electron chi connectivity index (χ0n) is 17.0. The van der Waals surface area contributed by atoms with Crippen molar-refractivity contribution >= 4 is 11.9 Å². The van der Waals surface area contributed by atoms with E-state index in [1.807, 2.05) is 37.3 Å². The molecule has 2 saturated carbocycles. The molecule has 0 bridgehead atoms. The fourth-order valence-corrected chi connectivity index (χ4v) is 5.06. The van der Waals surface area contributed by atoms with Crippen LogP contribution in [-0.4, -0.2) is 23.1 Å². The van der Waals surface area contributed by atoms with E-state index in [9.17, 15) is 14.7 Å². The van der Waals surface area contributed by atoms with E-state index in [2.05, 4.69) is 13.5 Å². The summed E-state index contributed by atoms with van der Waals surface area (Å²) >= 11 is 0. The minimum atomic E-state index is -0.723. The Hall–Kier alpha value is -2.10. The van der Waals surface area contributed by atoms with Gasteiger partial charge in [0.25, 0.3) is 0 Å². The van der Waals surface area contributed by atoms with Crippen molar-refractivity contribution in [3.8, 4) is 0 Å². The van der Waals surface area contributed by atoms with Gasteiger partial charge in [-0.15, -0.1) is 0 Å². The Morgan fingerprint density at radius 1 is 1.25 bits per heavy atom. The third-order valence-electron chi connectivity index (χ3n) is 7.14. The molecule has 0 heterocycles. The largest absolute Gasteiger partial charge is 0.481 e. The summed E-state index contributed by atoms with van der Waals surface area (Å²) in [7, 11) is 0. The van der Waals surface area contributed by atoms with Gasteiger partial charge in [-0.05, 0) is 66.9 Å². The number of hydrogen-bond donors (Lipinski definition) is 1. The topological polar surface area (TPSA) is 63.6 Å². The van der Waals surface area contributed by atoms with Crippen LogP contribution >= 0.6 is 0 Å². The predicted molar refractivity (Wildman–Crippen MR) is 109 cm³/mol. The van der Waals surface area contributed by atoms with Crippen molar-refractivity contribution in [1.82, 2.24) is 0 Å². The summed E-state index contributed by atoms with van der Waals surface area (Å²) in [5.74, 6) is -0.844. The van der Waals surface area contributed by atoms with Gasteiger partial charge in [0.05, 0.1) is 5.92 Å². The molecule has 2 aliphatic carbocycles. The highest BCUT2D eigenvalue weighted by atomic mass is 16.5. The van der Waals surface area contributed by atoms with Crippen LogP contribution in [-0.2, 0) is 20.7 Å². The maximum Gasteiger partial charge on any atom is 0.306 e. The summed E-state index contributed by atoms with van der Waals surface area (Å²) in [6, 6.07) is 9.95. The first-order valence-electron chi connectivity index (χ1n) is 10.4. The highest BCUT2D eigenvalue weighted by Gasteiger charge is 2.48. The minimum Gasteiger partial charge on any atom is -0.481 e. The monoisotopic (exact) mass is 384 g/mol. The number of aliphatic carboxylic acids is 1. The lowest BCUT2D eigenvalue weighted by molar-refractivity contribution is -0.150. The van der Waals surface area contributed by atoms with Crippen molar-refractivity contribution in [3.05, 3.63) is 48.0 Å². The number of carbonyl (C=O) groups is 2. The van der Waals surface area contributed by atoms with Gasteiger partial charge in [-0.1, -0.05) is 50.8 Å². The van der Waals surface area contributed by atoms with E-state index in [1.165, 1.54) is 0 Å². The molecule has 1 N–H and O–H groups in total. The Labute approximate surface area is 168 Å². The number of carboxylic acids is 1. The molecule has 5 unspecified atom stereocenters. The van der Waals surface area contributed by atoms with Gasteiger partial charge < -0.3 is 9.84 Å². The van der Waals surface area contributed by atoms with Gasteiger partial charge in [0.15, 0.2) is 0 Å². The molecule has 0 aliphatic heterocycles. The smallest absolute Gasteiger partial charge is 0.306 e. The number of hydrogen-bond acceptors (Lipinski definition) is 3. The number of rotatable bonds is 6. The lowest BCUT2D eigenvalue weighted by Gasteiger charge is -2.51. The molecule has 0 spiro atoms. The molecule has 0 radical (unpaired) electrons. The van der Waals surface area contributed by atoms with E-state index in [-0.39, 0.29) is 35.2 Å². The molecule has 1 aromatic rings. The molecular weight excluding hydrogens is 352 g/mol. The predicted octanol–water partition coefficient (Wildman–Crippen LogP) is 5.02. The number of benzene rings is 1. The summed E-state index contributed by atoms with van der Waals surface area (Å²) in [4.78, 5) is 23.8. The standard InChI is InChI=1S/C24H32O4/c1-16(23(26)27)19-11-13-24(3)14-12-21(17(2)20(24)15-19)28-22(25)10-9-18-7-5-4-6-8-18/h4-8,16,19-21H,2,9-15H2,1,3H3,(H,26,27). The average molecular weight is 385 g/mol. The number of esters is 1. The summed E-state index contributed by atoms with van der Waals surface area (Å²) in [5.41, 5.74) is 2.27. The number of aryl methyl sites for hydroxylation is 1. The fraction of sp³-hybridized carbons (Fsp3) is 0.583. The number of carboxylic acid groups (broad SMARTS) is 1. The maximum absolute atomic E-state index is 12.4. The van der Waals surface area contributed by atoms with Crippen molar-refractivity contribution in [2.24, 2.45) is 23.2 Å². The normalized spacial score (nSPS) is 30.9. The van der Waals surface area contributed by atoms with Crippen LogP contribution in [0.3, 0.4) is 0 Å². The van der Waals surface area contributed by atoms with Gasteiger partial charge >= 0.3 is 11.9 Å². The maximum atomic E-state index is 12.4. The van der Waals surface area contributed by atoms with E-state index >= 15 is 0 Å². The van der Waals surface area contributed by atoms with E-state index in [0.29, 0.717) is 12.8 Å². The molecule has 4 nitrogen and oxygen atoms in total. The zero-order chi connectivity index (χ0) is 20.3. The van der Waals surface area contributed by atoms with Crippen molar-refractivity contribution in [1.29, 1.82) is 0 Å². The molecule has 2 aliphatic rings. The van der Waals surface area contributed by atoms with Crippen LogP contribution in [0.1, 0.15) is 57.9 Å². The van der Waals surface area contributed by atoms with Crippen LogP contribution in [0.2, 0.25) is 0 Å². The molecule has 5 atom stereocenters. The molecule has 3 rings (SSSR count). The van der Waals surface area contributed by atoms with E-state index in [4.69, 9.17) is 4.74 Å². The Kier molecular flexibility index (Phi) is 6.26. The fourth-order valence-electron chi connectivity index (χ4n) is 5.06. The van der Waals surface area contributed by atoms with Gasteiger partial charge in [-0.25, -0.2) is 0 Å². The van der Waals surface area contributed by atoms with E-state index in [0.717, 1.165) is 43.2 Å². The van der Waals surface area contributed by atoms with Gasteiger partial charge in [0.2, 0.25) is 0 Å². The second-order valence-corrected chi connectivity index (χ2v) is 8.95. The van der Waals surface area contributed by atoms with Crippen molar-refractivity contribution < 1.29 is 19.4 Å². The quantitative estimate of drug-likeness (QED) is 0.552. The SMILES string of the molecule is C=C1C(OC(=O)CCc2ccccc2)CCC2(C)CCC(C(C)C(=O)O)CC12. The van der Waals surface area contributed by atoms with E-state index < -0.39 is 5.97 Å². The summed E-state index contributed by atoms with van der Waals surface area (Å²) < 4.78 is 5.81. The van der Waals surface area contributed by atoms with E-state index in [1.54, 1.807) is 0 Å². The van der Waals surface area contributed by atoms with Crippen molar-refractivity contribution in [2.75, 3.05) is 0 Å². The Morgan fingerprint density at radius 2 is 1.93 bits per heavy atom. The molecule has 1 aromatic carbocycles. The first-order valence-corrected chi connectivity index (χ1v) is 10.4. The Balaban J connectivity index is 1.59. The third kappa shape index (κ3) is 4.48. The number of fused-ring (bicyclic) bond motifs is 1. The van der Waals surface area contributed by atoms with Crippen LogP contribution in [0.4, 0.5) is 0 Å². The van der Waals surface area contributed by atoms with Crippen molar-refractivity contribution in [2.45, 2.75) is 64.9 Å². The van der Waals surface area contributed by atoms with Crippen LogP contribution in [0.15, 0.2) is 42.5 Å². The zero-order valence-corrected chi connectivity index (χ0v) is 17.0. The van der Waals surface area contributed by atoms with Crippen LogP contribution < -0.4 is 0 Å². The second kappa shape index (κ2) is 8.50. The Bertz CT molecular complexity index is 725. The summed E-state index contributed by atoms with van der Waals surface area (Å²) in [6.07, 6.45) is 5.44. The first-order chi connectivity index (χ1) is 13.3. The van der Waals surface area contributed by atoms with Gasteiger partial charge in [0.1, 0.15) is 6.10 Å². The van der Waals surface area contributed by atoms with Crippen LogP contribution in [0.5, 0.6) is 0 Å². The number of carbonyl (C=O) groups excluding carboxylic acids is 1. The molecule has 0 saturated heterocycles. The van der Waals surface area contributed by atoms with Gasteiger partial charge in [-0.3, -0.25) is 9.59 Å². The molecule has 0 amide bonds. The molecule has 0 aromatic heterocycles. The van der Waals surface area contributed by atoms with Crippen LogP contribution in [0.25, 0.3) is 0 Å². The lowest BCUT2D eigenvalue weighted by Crippen LogP contribution is -2.45. The highest BCUT2D eigenvalue weighted by Crippen LogP contribution is 2.55. The lowest BCUT2D eigenvalue weighted by atomic mass is 9.55. The van der Waals surface area contributed by atoms with Crippen LogP contribution in [0, 0.1) is 23.2 Å². The molecule has 4 heteroatoms. The minimum absolute atomic E-state index is 0.152. The summed E-state index contributed by atoms with van der Waals surface area (Å²) in [5, 5.41) is 9.39. The molecule has 2 fully saturated rings. The van der Waals surface area contributed by atoms with Gasteiger partial charge in [0, 0.05) is 6.42 Å². The third-order valence-corrected chi connectivity index (χ3v) is 7.14. The van der Waals surface area contributed by atoms with Crippen molar-refractivity contribution in [3.63, 3.8) is 0 Å². The second-order valence-electron chi connectivity index (χ2n) is 8.95. The first kappa shape index (κ1) is 20.6.